The molecule has 1 nitrogen and oxygen atoms in total. The first kappa shape index (κ1) is 6.25. The molecular weight excluding hydrogens is 117 g/mol. The van der Waals surface area contributed by atoms with Gasteiger partial charge in [0.05, 0.1) is 0 Å². The topological polar surface area (TPSA) is 3.24 Å². The van der Waals surface area contributed by atoms with Crippen LogP contribution >= 0.6 is 9.39 Å². The van der Waals surface area contributed by atoms with E-state index in [1.54, 1.807) is 0 Å². The summed E-state index contributed by atoms with van der Waals surface area (Å²) in [7, 11) is 2.71. The van der Waals surface area contributed by atoms with Crippen LogP contribution in [0.25, 0.3) is 0 Å². The molecule has 0 aromatic carbocycles. The highest BCUT2D eigenvalue weighted by atomic mass is 31.0. The molecule has 0 saturated carbocycles. The van der Waals surface area contributed by atoms with E-state index in [1.165, 1.54) is 18.5 Å². The first-order chi connectivity index (χ1) is 3.79. The van der Waals surface area contributed by atoms with Crippen LogP contribution in [0.15, 0.2) is 11.6 Å². The maximum absolute atomic E-state index is 2.71. The standard InChI is InChI=1S/C6H12NP/c1-6-2-4-7(8)5-3-6/h2H,3-5,8H2,1H3. The molecule has 0 aromatic heterocycles. The van der Waals surface area contributed by atoms with Crippen LogP contribution in [-0.2, 0) is 0 Å². The minimum absolute atomic E-state index is 1.11. The fourth-order valence-corrected chi connectivity index (χ4v) is 1.02. The molecule has 1 heterocycles. The van der Waals surface area contributed by atoms with Crippen molar-refractivity contribution in [2.24, 2.45) is 0 Å². The first-order valence-electron chi connectivity index (χ1n) is 2.94. The second-order valence-electron chi connectivity index (χ2n) is 2.30. The molecule has 46 valence electrons. The maximum Gasteiger partial charge on any atom is 0.0199 e. The van der Waals surface area contributed by atoms with Crippen LogP contribution in [0.2, 0.25) is 0 Å². The van der Waals surface area contributed by atoms with Gasteiger partial charge in [-0.3, -0.25) is 4.67 Å². The molecule has 1 rings (SSSR count). The highest BCUT2D eigenvalue weighted by molar-refractivity contribution is 7.13. The predicted octanol–water partition coefficient (Wildman–Crippen LogP) is 1.43. The summed E-state index contributed by atoms with van der Waals surface area (Å²) in [6.45, 7) is 4.50. The lowest BCUT2D eigenvalue weighted by Gasteiger charge is -2.19. The minimum Gasteiger partial charge on any atom is -0.283 e. The van der Waals surface area contributed by atoms with Crippen LogP contribution < -0.4 is 0 Å². The second kappa shape index (κ2) is 2.61. The van der Waals surface area contributed by atoms with Crippen molar-refractivity contribution >= 4 is 9.39 Å². The maximum atomic E-state index is 2.71. The van der Waals surface area contributed by atoms with Crippen molar-refractivity contribution in [2.75, 3.05) is 13.1 Å². The van der Waals surface area contributed by atoms with E-state index in [1.807, 2.05) is 0 Å². The third-order valence-corrected chi connectivity index (χ3v) is 1.94. The first-order valence-corrected chi connectivity index (χ1v) is 3.46. The van der Waals surface area contributed by atoms with Gasteiger partial charge in [-0.2, -0.15) is 0 Å². The molecule has 0 aliphatic carbocycles. The highest BCUT2D eigenvalue weighted by Crippen LogP contribution is 2.11. The van der Waals surface area contributed by atoms with Gasteiger partial charge in [0, 0.05) is 13.1 Å². The summed E-state index contributed by atoms with van der Waals surface area (Å²) in [5.41, 5.74) is 1.53. The predicted molar refractivity (Wildman–Crippen MR) is 39.7 cm³/mol. The van der Waals surface area contributed by atoms with E-state index in [9.17, 15) is 0 Å². The normalized spacial score (nSPS) is 23.0. The highest BCUT2D eigenvalue weighted by Gasteiger charge is 2.01. The number of rotatable bonds is 0. The lowest BCUT2D eigenvalue weighted by molar-refractivity contribution is 0.498. The van der Waals surface area contributed by atoms with E-state index in [0.29, 0.717) is 0 Å². The molecule has 0 N–H and O–H groups in total. The Morgan fingerprint density at radius 3 is 2.88 bits per heavy atom. The van der Waals surface area contributed by atoms with Crippen molar-refractivity contribution in [3.63, 3.8) is 0 Å². The van der Waals surface area contributed by atoms with Gasteiger partial charge >= 0.3 is 0 Å². The summed E-state index contributed by atoms with van der Waals surface area (Å²) in [5, 5.41) is 0. The van der Waals surface area contributed by atoms with Crippen LogP contribution in [0.3, 0.4) is 0 Å². The molecule has 0 amide bonds. The summed E-state index contributed by atoms with van der Waals surface area (Å²) in [6, 6.07) is 0. The summed E-state index contributed by atoms with van der Waals surface area (Å²) >= 11 is 0. The smallest absolute Gasteiger partial charge is 0.0199 e. The largest absolute Gasteiger partial charge is 0.283 e. The lowest BCUT2D eigenvalue weighted by atomic mass is 10.1. The molecule has 2 heteroatoms. The van der Waals surface area contributed by atoms with Gasteiger partial charge in [0.1, 0.15) is 0 Å². The summed E-state index contributed by atoms with van der Waals surface area (Å²) in [6.07, 6.45) is 3.51. The van der Waals surface area contributed by atoms with Crippen LogP contribution in [0.1, 0.15) is 13.3 Å². The van der Waals surface area contributed by atoms with Crippen LogP contribution in [0.5, 0.6) is 0 Å². The van der Waals surface area contributed by atoms with E-state index in [4.69, 9.17) is 0 Å². The van der Waals surface area contributed by atoms with Crippen molar-refractivity contribution in [2.45, 2.75) is 13.3 Å². The third kappa shape index (κ3) is 1.57. The Labute approximate surface area is 53.0 Å². The Morgan fingerprint density at radius 2 is 2.50 bits per heavy atom. The second-order valence-corrected chi connectivity index (χ2v) is 3.03. The Bertz CT molecular complexity index is 109. The SMILES string of the molecule is CC1=CCN(P)CC1. The molecule has 1 unspecified atom stereocenters. The molecule has 0 aromatic rings. The van der Waals surface area contributed by atoms with Crippen molar-refractivity contribution < 1.29 is 0 Å². The van der Waals surface area contributed by atoms with Gasteiger partial charge in [-0.1, -0.05) is 21.0 Å². The molecule has 0 spiro atoms. The van der Waals surface area contributed by atoms with Gasteiger partial charge in [0.2, 0.25) is 0 Å². The van der Waals surface area contributed by atoms with Gasteiger partial charge < -0.3 is 0 Å². The Balaban J connectivity index is 2.42. The minimum atomic E-state index is 1.11. The Morgan fingerprint density at radius 1 is 1.75 bits per heavy atom. The average Bonchev–Trinajstić information content (AvgIpc) is 1.77. The molecular formula is C6H12NP. The molecule has 1 aliphatic rings. The van der Waals surface area contributed by atoms with E-state index in [0.717, 1.165) is 6.54 Å². The van der Waals surface area contributed by atoms with E-state index in [2.05, 4.69) is 27.1 Å². The molecule has 1 atom stereocenters. The zero-order chi connectivity index (χ0) is 5.98. The van der Waals surface area contributed by atoms with E-state index >= 15 is 0 Å². The fourth-order valence-electron chi connectivity index (χ4n) is 0.786. The van der Waals surface area contributed by atoms with Crippen molar-refractivity contribution in [1.29, 1.82) is 0 Å². The Hall–Kier alpha value is 0.130. The molecule has 8 heavy (non-hydrogen) atoms. The zero-order valence-electron chi connectivity index (χ0n) is 5.22. The molecule has 0 radical (unpaired) electrons. The number of hydrogen-bond acceptors (Lipinski definition) is 1. The van der Waals surface area contributed by atoms with E-state index in [-0.39, 0.29) is 0 Å². The van der Waals surface area contributed by atoms with Gasteiger partial charge in [-0.05, 0) is 13.3 Å². The van der Waals surface area contributed by atoms with Gasteiger partial charge in [0.15, 0.2) is 0 Å². The number of nitrogens with zero attached hydrogens (tertiary/aromatic N) is 1. The molecule has 0 saturated heterocycles. The van der Waals surface area contributed by atoms with Gasteiger partial charge in [-0.15, -0.1) is 0 Å². The summed E-state index contributed by atoms with van der Waals surface area (Å²) < 4.78 is 2.24. The van der Waals surface area contributed by atoms with Crippen LogP contribution in [0.4, 0.5) is 0 Å². The molecule has 0 bridgehead atoms. The summed E-state index contributed by atoms with van der Waals surface area (Å²) in [4.78, 5) is 0. The van der Waals surface area contributed by atoms with E-state index < -0.39 is 0 Å². The zero-order valence-corrected chi connectivity index (χ0v) is 6.38. The monoisotopic (exact) mass is 129 g/mol. The Kier molecular flexibility index (Phi) is 2.04. The fraction of sp³-hybridized carbons (Fsp3) is 0.667. The average molecular weight is 129 g/mol. The molecule has 1 aliphatic heterocycles. The van der Waals surface area contributed by atoms with Crippen molar-refractivity contribution in [3.8, 4) is 0 Å². The van der Waals surface area contributed by atoms with Crippen LogP contribution in [0, 0.1) is 0 Å². The van der Waals surface area contributed by atoms with Crippen molar-refractivity contribution in [3.05, 3.63) is 11.6 Å². The van der Waals surface area contributed by atoms with Gasteiger partial charge in [0.25, 0.3) is 0 Å². The summed E-state index contributed by atoms with van der Waals surface area (Å²) in [5.74, 6) is 0. The quantitative estimate of drug-likeness (QED) is 0.353. The van der Waals surface area contributed by atoms with Gasteiger partial charge in [-0.25, -0.2) is 0 Å². The molecule has 0 fully saturated rings. The third-order valence-electron chi connectivity index (χ3n) is 1.47. The van der Waals surface area contributed by atoms with Crippen LogP contribution in [-0.4, -0.2) is 17.8 Å². The number of hydrogen-bond donors (Lipinski definition) is 0. The van der Waals surface area contributed by atoms with Crippen molar-refractivity contribution in [1.82, 2.24) is 4.67 Å². The lowest BCUT2D eigenvalue weighted by Crippen LogP contribution is -2.17.